The molecule has 24 heavy (non-hydrogen) atoms. The van der Waals surface area contributed by atoms with Crippen molar-refractivity contribution >= 4 is 54.3 Å². The molecular formula is C17H19Br2N3O2. The van der Waals surface area contributed by atoms with Gasteiger partial charge >= 0.3 is 0 Å². The quantitative estimate of drug-likeness (QED) is 0.625. The van der Waals surface area contributed by atoms with E-state index in [1.807, 2.05) is 6.07 Å². The first-order valence-electron chi connectivity index (χ1n) is 6.91. The number of rotatable bonds is 2. The minimum absolute atomic E-state index is 0. The summed E-state index contributed by atoms with van der Waals surface area (Å²) >= 11 is 7.22. The molecule has 0 atom stereocenters. The number of aromatic nitrogens is 2. The van der Waals surface area contributed by atoms with E-state index in [1.54, 1.807) is 6.33 Å². The summed E-state index contributed by atoms with van der Waals surface area (Å²) in [7, 11) is 0. The van der Waals surface area contributed by atoms with Crippen LogP contribution < -0.4 is 5.32 Å². The van der Waals surface area contributed by atoms with Gasteiger partial charge in [0.15, 0.2) is 0 Å². The number of benzene rings is 2. The number of anilines is 2. The molecular weight excluding hydrogens is 438 g/mol. The van der Waals surface area contributed by atoms with E-state index in [1.165, 1.54) is 16.7 Å². The molecule has 0 amide bonds. The largest absolute Gasteiger partial charge is 0.412 e. The van der Waals surface area contributed by atoms with Gasteiger partial charge in [0, 0.05) is 9.86 Å². The summed E-state index contributed by atoms with van der Waals surface area (Å²) in [6.45, 7) is 6.26. The fourth-order valence-corrected chi connectivity index (χ4v) is 3.18. The minimum Gasteiger partial charge on any atom is -0.412 e. The van der Waals surface area contributed by atoms with Gasteiger partial charge in [0.25, 0.3) is 0 Å². The van der Waals surface area contributed by atoms with Crippen molar-refractivity contribution in [1.82, 2.24) is 9.97 Å². The normalized spacial score (nSPS) is 10.0. The molecule has 3 rings (SSSR count). The van der Waals surface area contributed by atoms with Gasteiger partial charge in [0.2, 0.25) is 0 Å². The Labute approximate surface area is 157 Å². The van der Waals surface area contributed by atoms with Crippen molar-refractivity contribution in [3.05, 3.63) is 56.2 Å². The lowest BCUT2D eigenvalue weighted by molar-refractivity contribution is 0.823. The SMILES string of the molecule is Cc1cc2ncnc(Nc3ccc(C)c(Br)c3Br)c2cc1C.O.O. The monoisotopic (exact) mass is 455 g/mol. The Hall–Kier alpha value is -1.54. The van der Waals surface area contributed by atoms with Crippen LogP contribution in [0.1, 0.15) is 16.7 Å². The molecule has 0 spiro atoms. The molecule has 0 aliphatic rings. The maximum absolute atomic E-state index is 4.41. The Morgan fingerprint density at radius 2 is 1.50 bits per heavy atom. The Morgan fingerprint density at radius 3 is 2.21 bits per heavy atom. The van der Waals surface area contributed by atoms with E-state index in [-0.39, 0.29) is 11.0 Å². The minimum atomic E-state index is 0. The lowest BCUT2D eigenvalue weighted by Crippen LogP contribution is -1.98. The summed E-state index contributed by atoms with van der Waals surface area (Å²) in [4.78, 5) is 8.78. The Morgan fingerprint density at radius 1 is 0.833 bits per heavy atom. The molecule has 0 unspecified atom stereocenters. The van der Waals surface area contributed by atoms with Gasteiger partial charge in [-0.05, 0) is 87.5 Å². The standard InChI is InChI=1S/C17H15Br2N3.2H2O/c1-9-4-5-13(16(19)15(9)18)22-17-12-6-10(2)11(3)7-14(12)20-8-21-17;;/h4-8H,1-3H3,(H,20,21,22);2*1H2. The zero-order valence-corrected chi connectivity index (χ0v) is 16.7. The van der Waals surface area contributed by atoms with Crippen LogP contribution in [0.4, 0.5) is 11.5 Å². The van der Waals surface area contributed by atoms with E-state index >= 15 is 0 Å². The van der Waals surface area contributed by atoms with Crippen LogP contribution >= 0.6 is 31.9 Å². The zero-order valence-electron chi connectivity index (χ0n) is 13.5. The number of fused-ring (bicyclic) bond motifs is 1. The molecule has 0 bridgehead atoms. The van der Waals surface area contributed by atoms with Crippen LogP contribution in [0.25, 0.3) is 10.9 Å². The number of hydrogen-bond acceptors (Lipinski definition) is 3. The van der Waals surface area contributed by atoms with E-state index in [9.17, 15) is 0 Å². The molecule has 128 valence electrons. The zero-order chi connectivity index (χ0) is 15.9. The van der Waals surface area contributed by atoms with Crippen LogP contribution in [0, 0.1) is 20.8 Å². The first-order valence-corrected chi connectivity index (χ1v) is 8.49. The van der Waals surface area contributed by atoms with Crippen LogP contribution in [-0.4, -0.2) is 20.9 Å². The number of nitrogens with zero attached hydrogens (tertiary/aromatic N) is 2. The number of aryl methyl sites for hydroxylation is 3. The van der Waals surface area contributed by atoms with Crippen molar-refractivity contribution in [2.75, 3.05) is 5.32 Å². The molecule has 0 saturated heterocycles. The van der Waals surface area contributed by atoms with Gasteiger partial charge in [-0.2, -0.15) is 0 Å². The third-order valence-electron chi connectivity index (χ3n) is 3.78. The molecule has 5 N–H and O–H groups in total. The highest BCUT2D eigenvalue weighted by Crippen LogP contribution is 2.35. The first-order chi connectivity index (χ1) is 10.5. The van der Waals surface area contributed by atoms with Crippen molar-refractivity contribution in [3.63, 3.8) is 0 Å². The molecule has 1 aromatic heterocycles. The fourth-order valence-electron chi connectivity index (χ4n) is 2.29. The van der Waals surface area contributed by atoms with Gasteiger partial charge in [-0.3, -0.25) is 0 Å². The highest BCUT2D eigenvalue weighted by atomic mass is 79.9. The average molecular weight is 457 g/mol. The van der Waals surface area contributed by atoms with Crippen molar-refractivity contribution in [2.24, 2.45) is 0 Å². The molecule has 3 aromatic rings. The molecule has 7 heteroatoms. The van der Waals surface area contributed by atoms with Crippen molar-refractivity contribution in [3.8, 4) is 0 Å². The fraction of sp³-hybridized carbons (Fsp3) is 0.176. The van der Waals surface area contributed by atoms with Gasteiger partial charge in [-0.15, -0.1) is 0 Å². The second-order valence-electron chi connectivity index (χ2n) is 5.36. The molecule has 2 aromatic carbocycles. The second-order valence-corrected chi connectivity index (χ2v) is 6.94. The third kappa shape index (κ3) is 3.75. The van der Waals surface area contributed by atoms with Crippen LogP contribution in [0.5, 0.6) is 0 Å². The van der Waals surface area contributed by atoms with Crippen molar-refractivity contribution < 1.29 is 11.0 Å². The Kier molecular flexibility index (Phi) is 6.86. The summed E-state index contributed by atoms with van der Waals surface area (Å²) in [5, 5.41) is 4.42. The van der Waals surface area contributed by atoms with Gasteiger partial charge in [-0.1, -0.05) is 6.07 Å². The molecule has 0 fully saturated rings. The first kappa shape index (κ1) is 20.5. The third-order valence-corrected chi connectivity index (χ3v) is 6.16. The van der Waals surface area contributed by atoms with Crippen molar-refractivity contribution in [2.45, 2.75) is 20.8 Å². The van der Waals surface area contributed by atoms with Gasteiger partial charge in [0.1, 0.15) is 12.1 Å². The van der Waals surface area contributed by atoms with E-state index in [0.717, 1.165) is 31.4 Å². The lowest BCUT2D eigenvalue weighted by atomic mass is 10.1. The summed E-state index contributed by atoms with van der Waals surface area (Å²) in [5.74, 6) is 0.810. The molecule has 5 nitrogen and oxygen atoms in total. The summed E-state index contributed by atoms with van der Waals surface area (Å²) < 4.78 is 2.03. The molecule has 1 heterocycles. The van der Waals surface area contributed by atoms with Crippen LogP contribution in [0.15, 0.2) is 39.5 Å². The van der Waals surface area contributed by atoms with E-state index < -0.39 is 0 Å². The highest BCUT2D eigenvalue weighted by Gasteiger charge is 2.10. The van der Waals surface area contributed by atoms with Gasteiger partial charge < -0.3 is 16.3 Å². The number of hydrogen-bond donors (Lipinski definition) is 1. The predicted molar refractivity (Wildman–Crippen MR) is 106 cm³/mol. The Bertz CT molecular complexity index is 885. The van der Waals surface area contributed by atoms with Crippen LogP contribution in [0.2, 0.25) is 0 Å². The van der Waals surface area contributed by atoms with Crippen LogP contribution in [0.3, 0.4) is 0 Å². The van der Waals surface area contributed by atoms with Gasteiger partial charge in [-0.25, -0.2) is 9.97 Å². The maximum Gasteiger partial charge on any atom is 0.141 e. The van der Waals surface area contributed by atoms with E-state index in [4.69, 9.17) is 0 Å². The van der Waals surface area contributed by atoms with E-state index in [2.05, 4.69) is 86.1 Å². The van der Waals surface area contributed by atoms with Gasteiger partial charge in [0.05, 0.1) is 15.7 Å². The Balaban J connectivity index is 0.00000144. The summed E-state index contributed by atoms with van der Waals surface area (Å²) in [5.41, 5.74) is 5.56. The number of nitrogens with one attached hydrogen (secondary N) is 1. The summed E-state index contributed by atoms with van der Waals surface area (Å²) in [6.07, 6.45) is 1.59. The smallest absolute Gasteiger partial charge is 0.141 e. The van der Waals surface area contributed by atoms with E-state index in [0.29, 0.717) is 0 Å². The van der Waals surface area contributed by atoms with Crippen LogP contribution in [-0.2, 0) is 0 Å². The highest BCUT2D eigenvalue weighted by molar-refractivity contribution is 9.13. The second kappa shape index (κ2) is 8.02. The number of halogens is 2. The molecule has 0 saturated carbocycles. The average Bonchev–Trinajstić information content (AvgIpc) is 2.50. The topological polar surface area (TPSA) is 101 Å². The van der Waals surface area contributed by atoms with Crippen molar-refractivity contribution in [1.29, 1.82) is 0 Å². The maximum atomic E-state index is 4.41. The lowest BCUT2D eigenvalue weighted by Gasteiger charge is -2.13. The molecule has 0 aliphatic heterocycles. The predicted octanol–water partition coefficient (Wildman–Crippen LogP) is 4.17. The summed E-state index contributed by atoms with van der Waals surface area (Å²) in [6, 6.07) is 8.33. The molecule has 0 radical (unpaired) electrons. The molecule has 0 aliphatic carbocycles.